The molecule has 1 aliphatic rings. The molecular weight excluding hydrogens is 529 g/mol. The van der Waals surface area contributed by atoms with Crippen molar-refractivity contribution in [2.45, 2.75) is 36.9 Å². The number of piperidine rings is 1. The van der Waals surface area contributed by atoms with Crippen LogP contribution >= 0.6 is 0 Å². The van der Waals surface area contributed by atoms with Crippen LogP contribution in [0.25, 0.3) is 0 Å². The van der Waals surface area contributed by atoms with Crippen molar-refractivity contribution in [3.63, 3.8) is 0 Å². The van der Waals surface area contributed by atoms with Crippen molar-refractivity contribution in [3.05, 3.63) is 101 Å². The number of methoxy groups -OCH3 is 1. The van der Waals surface area contributed by atoms with Crippen LogP contribution in [-0.4, -0.2) is 37.1 Å². The summed E-state index contributed by atoms with van der Waals surface area (Å²) < 4.78 is 104. The lowest BCUT2D eigenvalue weighted by atomic mass is 9.77. The summed E-state index contributed by atoms with van der Waals surface area (Å²) in [6.45, 7) is -0.920. The number of urea groups is 1. The summed E-state index contributed by atoms with van der Waals surface area (Å²) in [5.74, 6) is -5.45. The number of carbonyl (C=O) groups excluding carboxylic acids is 1. The Morgan fingerprint density at radius 1 is 0.974 bits per heavy atom. The van der Waals surface area contributed by atoms with Gasteiger partial charge in [-0.15, -0.1) is 0 Å². The van der Waals surface area contributed by atoms with Crippen LogP contribution in [0, 0.1) is 11.6 Å². The number of ether oxygens (including phenoxy) is 1. The molecule has 1 aliphatic heterocycles. The zero-order chi connectivity index (χ0) is 28.4. The summed E-state index contributed by atoms with van der Waals surface area (Å²) in [6.07, 6.45) is -5.57. The van der Waals surface area contributed by atoms with Gasteiger partial charge in [-0.25, -0.2) is 22.4 Å². The van der Waals surface area contributed by atoms with E-state index in [4.69, 9.17) is 4.74 Å². The van der Waals surface area contributed by atoms with Crippen LogP contribution in [0.2, 0.25) is 0 Å². The van der Waals surface area contributed by atoms with Crippen molar-refractivity contribution >= 4 is 6.03 Å². The molecule has 1 fully saturated rings. The maximum absolute atomic E-state index is 14.7. The first-order chi connectivity index (χ1) is 18.3. The molecule has 0 spiro atoms. The molecule has 11 heteroatoms. The summed E-state index contributed by atoms with van der Waals surface area (Å²) in [5.41, 5.74) is -3.01. The SMILES string of the molecule is COc1cc([C@@](Cc2ccccc2)(NC(=O)N2CCCC(F)(F)C2)c2cc(F)cc(C(F)(F)F)c2)ccc1F. The molecule has 0 radical (unpaired) electrons. The van der Waals surface area contributed by atoms with Crippen molar-refractivity contribution in [2.75, 3.05) is 20.2 Å². The second-order valence-electron chi connectivity index (χ2n) is 9.45. The molecule has 0 aromatic heterocycles. The van der Waals surface area contributed by atoms with Gasteiger partial charge >= 0.3 is 12.2 Å². The number of nitrogens with zero attached hydrogens (tertiary/aromatic N) is 1. The smallest absolute Gasteiger partial charge is 0.416 e. The van der Waals surface area contributed by atoms with Crippen LogP contribution < -0.4 is 10.1 Å². The van der Waals surface area contributed by atoms with E-state index in [-0.39, 0.29) is 36.3 Å². The van der Waals surface area contributed by atoms with Crippen molar-refractivity contribution in [2.24, 2.45) is 0 Å². The number of hydrogen-bond donors (Lipinski definition) is 1. The molecule has 1 atom stereocenters. The van der Waals surface area contributed by atoms with Gasteiger partial charge in [-0.2, -0.15) is 13.2 Å². The minimum Gasteiger partial charge on any atom is -0.494 e. The molecule has 4 nitrogen and oxygen atoms in total. The maximum Gasteiger partial charge on any atom is 0.416 e. The fourth-order valence-electron chi connectivity index (χ4n) is 4.79. The highest BCUT2D eigenvalue weighted by Gasteiger charge is 2.43. The molecule has 0 aliphatic carbocycles. The largest absolute Gasteiger partial charge is 0.494 e. The van der Waals surface area contributed by atoms with Gasteiger partial charge in [0, 0.05) is 19.4 Å². The monoisotopic (exact) mass is 554 g/mol. The third-order valence-corrected chi connectivity index (χ3v) is 6.67. The Bertz CT molecular complexity index is 1330. The highest BCUT2D eigenvalue weighted by atomic mass is 19.4. The molecule has 3 aromatic rings. The normalized spacial score (nSPS) is 16.9. The number of halogens is 7. The van der Waals surface area contributed by atoms with E-state index in [1.165, 1.54) is 19.2 Å². The molecule has 1 heterocycles. The quantitative estimate of drug-likeness (QED) is 0.336. The van der Waals surface area contributed by atoms with E-state index in [9.17, 15) is 35.5 Å². The van der Waals surface area contributed by atoms with Crippen LogP contribution in [0.5, 0.6) is 5.75 Å². The van der Waals surface area contributed by atoms with Gasteiger partial charge in [0.15, 0.2) is 11.6 Å². The molecule has 2 amide bonds. The van der Waals surface area contributed by atoms with E-state index >= 15 is 0 Å². The lowest BCUT2D eigenvalue weighted by Crippen LogP contribution is -2.56. The second-order valence-corrected chi connectivity index (χ2v) is 9.45. The Morgan fingerprint density at radius 3 is 2.31 bits per heavy atom. The standard InChI is InChI=1S/C28H25F7N2O2/c1-39-24-15-19(8-9-23(24)30)27(16-18-6-3-2-4-7-18,20-12-21(28(33,34)35)14-22(29)13-20)36-25(38)37-11-5-10-26(31,32)17-37/h2-4,6-9,12-15H,5,10-11,16-17H2,1H3,(H,36,38)/t27-/m1/s1. The number of rotatable bonds is 6. The van der Waals surface area contributed by atoms with Crippen molar-refractivity contribution in [1.29, 1.82) is 0 Å². The van der Waals surface area contributed by atoms with Gasteiger partial charge < -0.3 is 15.0 Å². The van der Waals surface area contributed by atoms with Crippen LogP contribution in [0.1, 0.15) is 35.1 Å². The summed E-state index contributed by atoms with van der Waals surface area (Å²) >= 11 is 0. The molecule has 1 N–H and O–H groups in total. The van der Waals surface area contributed by atoms with E-state index in [0.717, 1.165) is 17.0 Å². The zero-order valence-corrected chi connectivity index (χ0v) is 20.8. The molecule has 1 saturated heterocycles. The van der Waals surface area contributed by atoms with E-state index in [0.29, 0.717) is 17.7 Å². The molecule has 4 rings (SSSR count). The first kappa shape index (κ1) is 28.3. The van der Waals surface area contributed by atoms with Gasteiger partial charge in [0.1, 0.15) is 5.82 Å². The number of nitrogens with one attached hydrogen (secondary N) is 1. The predicted molar refractivity (Wildman–Crippen MR) is 130 cm³/mol. The summed E-state index contributed by atoms with van der Waals surface area (Å²) in [5, 5.41) is 2.64. The minimum absolute atomic E-state index is 0.00859. The average Bonchev–Trinajstić information content (AvgIpc) is 2.87. The lowest BCUT2D eigenvalue weighted by Gasteiger charge is -2.40. The third-order valence-electron chi connectivity index (χ3n) is 6.67. The number of carbonyl (C=O) groups is 1. The van der Waals surface area contributed by atoms with Gasteiger partial charge in [0.25, 0.3) is 5.92 Å². The number of likely N-dealkylation sites (tertiary alicyclic amines) is 1. The lowest BCUT2D eigenvalue weighted by molar-refractivity contribution is -0.137. The van der Waals surface area contributed by atoms with E-state index in [1.54, 1.807) is 30.3 Å². The molecule has 3 aromatic carbocycles. The topological polar surface area (TPSA) is 41.6 Å². The van der Waals surface area contributed by atoms with Gasteiger partial charge in [0.2, 0.25) is 0 Å². The molecule has 0 bridgehead atoms. The predicted octanol–water partition coefficient (Wildman–Crippen LogP) is 6.92. The zero-order valence-electron chi connectivity index (χ0n) is 20.8. The molecule has 0 saturated carbocycles. The fraction of sp³-hybridized carbons (Fsp3) is 0.321. The first-order valence-electron chi connectivity index (χ1n) is 12.0. The van der Waals surface area contributed by atoms with Crippen LogP contribution in [-0.2, 0) is 18.1 Å². The minimum atomic E-state index is -4.94. The number of benzene rings is 3. The van der Waals surface area contributed by atoms with Gasteiger partial charge in [-0.3, -0.25) is 0 Å². The summed E-state index contributed by atoms with van der Waals surface area (Å²) in [4.78, 5) is 14.4. The van der Waals surface area contributed by atoms with E-state index in [2.05, 4.69) is 5.32 Å². The Hall–Kier alpha value is -3.76. The second kappa shape index (κ2) is 10.8. The van der Waals surface area contributed by atoms with Gasteiger partial charge in [-0.05, 0) is 53.4 Å². The highest BCUT2D eigenvalue weighted by molar-refractivity contribution is 5.77. The van der Waals surface area contributed by atoms with E-state index in [1.807, 2.05) is 0 Å². The number of amides is 2. The molecule has 0 unspecified atom stereocenters. The summed E-state index contributed by atoms with van der Waals surface area (Å²) in [6, 6.07) is 12.5. The molecule has 208 valence electrons. The Balaban J connectivity index is 1.96. The highest BCUT2D eigenvalue weighted by Crippen LogP contribution is 2.40. The van der Waals surface area contributed by atoms with Crippen molar-refractivity contribution in [1.82, 2.24) is 10.2 Å². The van der Waals surface area contributed by atoms with Crippen LogP contribution in [0.3, 0.4) is 0 Å². The number of alkyl halides is 5. The number of hydrogen-bond acceptors (Lipinski definition) is 2. The Morgan fingerprint density at radius 2 is 1.67 bits per heavy atom. The van der Waals surface area contributed by atoms with Crippen molar-refractivity contribution < 1.29 is 40.3 Å². The van der Waals surface area contributed by atoms with Crippen LogP contribution in [0.4, 0.5) is 35.5 Å². The van der Waals surface area contributed by atoms with Crippen molar-refractivity contribution in [3.8, 4) is 5.75 Å². The molecule has 39 heavy (non-hydrogen) atoms. The third kappa shape index (κ3) is 6.29. The van der Waals surface area contributed by atoms with Crippen LogP contribution in [0.15, 0.2) is 66.7 Å². The van der Waals surface area contributed by atoms with Gasteiger partial charge in [0.05, 0.1) is 24.8 Å². The maximum atomic E-state index is 14.7. The molecular formula is C28H25F7N2O2. The Kier molecular flexibility index (Phi) is 7.81. The van der Waals surface area contributed by atoms with Gasteiger partial charge in [-0.1, -0.05) is 36.4 Å². The average molecular weight is 555 g/mol. The fourth-order valence-corrected chi connectivity index (χ4v) is 4.79. The first-order valence-corrected chi connectivity index (χ1v) is 12.0. The summed E-state index contributed by atoms with van der Waals surface area (Å²) in [7, 11) is 1.18. The Labute approximate surface area is 220 Å². The van der Waals surface area contributed by atoms with E-state index < -0.39 is 53.8 Å².